The highest BCUT2D eigenvalue weighted by Gasteiger charge is 2.27. The normalized spacial score (nSPS) is 17.6. The van der Waals surface area contributed by atoms with Crippen molar-refractivity contribution in [2.75, 3.05) is 26.2 Å². The Balaban J connectivity index is 2.29. The topological polar surface area (TPSA) is 69.6 Å². The average Bonchev–Trinajstić information content (AvgIpc) is 2.38. The van der Waals surface area contributed by atoms with E-state index in [4.69, 9.17) is 5.11 Å². The highest BCUT2D eigenvalue weighted by atomic mass is 16.4. The van der Waals surface area contributed by atoms with Gasteiger partial charge in [0.25, 0.3) is 0 Å². The van der Waals surface area contributed by atoms with Crippen molar-refractivity contribution < 1.29 is 14.7 Å². The van der Waals surface area contributed by atoms with Crippen LogP contribution in [0.15, 0.2) is 0 Å². The first kappa shape index (κ1) is 17.0. The van der Waals surface area contributed by atoms with E-state index in [9.17, 15) is 9.59 Å². The van der Waals surface area contributed by atoms with Crippen molar-refractivity contribution in [3.63, 3.8) is 0 Å². The third-order valence-corrected chi connectivity index (χ3v) is 4.62. The Morgan fingerprint density at radius 1 is 1.30 bits per heavy atom. The average molecular weight is 284 g/mol. The standard InChI is InChI=1S/C15H28N2O3/c1-11(2)15(3,4)10-16-9-13(18)17-7-5-12(6-8-17)14(19)20/h11-12,16H,5-10H2,1-4H3,(H,19,20). The second kappa shape index (κ2) is 7.07. The number of nitrogens with zero attached hydrogens (tertiary/aromatic N) is 1. The number of hydrogen-bond acceptors (Lipinski definition) is 3. The van der Waals surface area contributed by atoms with Crippen LogP contribution < -0.4 is 5.32 Å². The van der Waals surface area contributed by atoms with Crippen molar-refractivity contribution in [3.8, 4) is 0 Å². The molecule has 0 unspecified atom stereocenters. The molecule has 0 aliphatic carbocycles. The van der Waals surface area contributed by atoms with E-state index < -0.39 is 5.97 Å². The number of carbonyl (C=O) groups is 2. The zero-order valence-electron chi connectivity index (χ0n) is 13.1. The van der Waals surface area contributed by atoms with Crippen LogP contribution in [0.5, 0.6) is 0 Å². The summed E-state index contributed by atoms with van der Waals surface area (Å²) in [4.78, 5) is 24.7. The van der Waals surface area contributed by atoms with Gasteiger partial charge >= 0.3 is 5.97 Å². The molecule has 0 saturated carbocycles. The van der Waals surface area contributed by atoms with Crippen molar-refractivity contribution in [1.82, 2.24) is 10.2 Å². The summed E-state index contributed by atoms with van der Waals surface area (Å²) in [5.74, 6) is -0.398. The van der Waals surface area contributed by atoms with Crippen molar-refractivity contribution in [2.24, 2.45) is 17.3 Å². The van der Waals surface area contributed by atoms with Crippen molar-refractivity contribution in [2.45, 2.75) is 40.5 Å². The fourth-order valence-electron chi connectivity index (χ4n) is 2.18. The maximum absolute atomic E-state index is 12.0. The first-order valence-corrected chi connectivity index (χ1v) is 7.45. The van der Waals surface area contributed by atoms with Gasteiger partial charge in [0.2, 0.25) is 5.91 Å². The minimum absolute atomic E-state index is 0.0772. The van der Waals surface area contributed by atoms with Crippen LogP contribution in [0, 0.1) is 17.3 Å². The fraction of sp³-hybridized carbons (Fsp3) is 0.867. The first-order chi connectivity index (χ1) is 9.24. The molecule has 1 aliphatic rings. The molecule has 1 fully saturated rings. The summed E-state index contributed by atoms with van der Waals surface area (Å²) in [6.07, 6.45) is 1.14. The molecule has 0 aromatic heterocycles. The van der Waals surface area contributed by atoms with Crippen molar-refractivity contribution in [1.29, 1.82) is 0 Å². The molecule has 5 nitrogen and oxygen atoms in total. The van der Waals surface area contributed by atoms with E-state index in [-0.39, 0.29) is 17.2 Å². The lowest BCUT2D eigenvalue weighted by Crippen LogP contribution is -2.45. The monoisotopic (exact) mass is 284 g/mol. The maximum Gasteiger partial charge on any atom is 0.306 e. The molecule has 2 N–H and O–H groups in total. The van der Waals surface area contributed by atoms with Gasteiger partial charge in [0.05, 0.1) is 12.5 Å². The van der Waals surface area contributed by atoms with Crippen molar-refractivity contribution in [3.05, 3.63) is 0 Å². The lowest BCUT2D eigenvalue weighted by Gasteiger charge is -2.32. The fourth-order valence-corrected chi connectivity index (χ4v) is 2.18. The lowest BCUT2D eigenvalue weighted by molar-refractivity contribution is -0.145. The Hall–Kier alpha value is -1.10. The molecule has 20 heavy (non-hydrogen) atoms. The number of carboxylic acids is 1. The highest BCUT2D eigenvalue weighted by molar-refractivity contribution is 5.78. The second-order valence-electron chi connectivity index (χ2n) is 6.74. The van der Waals surface area contributed by atoms with Crippen molar-refractivity contribution >= 4 is 11.9 Å². The Morgan fingerprint density at radius 3 is 2.30 bits per heavy atom. The number of likely N-dealkylation sites (tertiary alicyclic amines) is 1. The minimum atomic E-state index is -0.742. The van der Waals surface area contributed by atoms with Gasteiger partial charge in [-0.05, 0) is 24.2 Å². The molecule has 0 atom stereocenters. The van der Waals surface area contributed by atoms with E-state index in [1.54, 1.807) is 4.90 Å². The van der Waals surface area contributed by atoms with Gasteiger partial charge in [-0.15, -0.1) is 0 Å². The third kappa shape index (κ3) is 4.78. The molecule has 1 rings (SSSR count). The zero-order chi connectivity index (χ0) is 15.3. The van der Waals surface area contributed by atoms with Crippen LogP contribution in [0.2, 0.25) is 0 Å². The van der Waals surface area contributed by atoms with Crippen LogP contribution in [0.4, 0.5) is 0 Å². The van der Waals surface area contributed by atoms with E-state index in [1.165, 1.54) is 0 Å². The second-order valence-corrected chi connectivity index (χ2v) is 6.74. The van der Waals surface area contributed by atoms with Gasteiger partial charge in [-0.2, -0.15) is 0 Å². The third-order valence-electron chi connectivity index (χ3n) is 4.62. The summed E-state index contributed by atoms with van der Waals surface area (Å²) < 4.78 is 0. The molecule has 0 aromatic rings. The van der Waals surface area contributed by atoms with Gasteiger partial charge in [-0.1, -0.05) is 27.7 Å². The Labute approximate surface area is 121 Å². The van der Waals surface area contributed by atoms with Gasteiger partial charge in [0, 0.05) is 19.6 Å². The van der Waals surface area contributed by atoms with Crippen LogP contribution >= 0.6 is 0 Å². The van der Waals surface area contributed by atoms with Gasteiger partial charge in [-0.25, -0.2) is 0 Å². The summed E-state index contributed by atoms with van der Waals surface area (Å²) in [5.41, 5.74) is 0.163. The number of carboxylic acid groups (broad SMARTS) is 1. The largest absolute Gasteiger partial charge is 0.481 e. The predicted octanol–water partition coefficient (Wildman–Crippen LogP) is 1.58. The van der Waals surface area contributed by atoms with Crippen LogP contribution in [0.3, 0.4) is 0 Å². The number of rotatable bonds is 6. The van der Waals surface area contributed by atoms with Crippen LogP contribution in [-0.4, -0.2) is 48.1 Å². The molecular formula is C15H28N2O3. The SMILES string of the molecule is CC(C)C(C)(C)CNCC(=O)N1CCC(C(=O)O)CC1. The van der Waals surface area contributed by atoms with E-state index in [2.05, 4.69) is 33.0 Å². The highest BCUT2D eigenvalue weighted by Crippen LogP contribution is 2.24. The van der Waals surface area contributed by atoms with E-state index >= 15 is 0 Å². The quantitative estimate of drug-likeness (QED) is 0.777. The van der Waals surface area contributed by atoms with Gasteiger partial charge in [0.1, 0.15) is 0 Å². The Bertz CT molecular complexity index is 345. The Morgan fingerprint density at radius 2 is 1.85 bits per heavy atom. The van der Waals surface area contributed by atoms with E-state index in [0.717, 1.165) is 6.54 Å². The number of amides is 1. The van der Waals surface area contributed by atoms with Gasteiger partial charge in [0.15, 0.2) is 0 Å². The molecular weight excluding hydrogens is 256 g/mol. The molecule has 0 aromatic carbocycles. The number of aliphatic carboxylic acids is 1. The van der Waals surface area contributed by atoms with Gasteiger partial charge in [-0.3, -0.25) is 9.59 Å². The molecule has 116 valence electrons. The summed E-state index contributed by atoms with van der Waals surface area (Å²) >= 11 is 0. The number of piperidine rings is 1. The molecule has 0 bridgehead atoms. The van der Waals surface area contributed by atoms with Crippen LogP contribution in [-0.2, 0) is 9.59 Å². The van der Waals surface area contributed by atoms with Gasteiger partial charge < -0.3 is 15.3 Å². The molecule has 1 heterocycles. The minimum Gasteiger partial charge on any atom is -0.481 e. The summed E-state index contributed by atoms with van der Waals surface area (Å²) in [6.45, 7) is 11.0. The first-order valence-electron chi connectivity index (χ1n) is 7.45. The summed E-state index contributed by atoms with van der Waals surface area (Å²) in [7, 11) is 0. The molecule has 5 heteroatoms. The molecule has 1 saturated heterocycles. The smallest absolute Gasteiger partial charge is 0.306 e. The predicted molar refractivity (Wildman–Crippen MR) is 78.4 cm³/mol. The number of hydrogen-bond donors (Lipinski definition) is 2. The van der Waals surface area contributed by atoms with Crippen LogP contribution in [0.25, 0.3) is 0 Å². The van der Waals surface area contributed by atoms with E-state index in [0.29, 0.717) is 38.4 Å². The lowest BCUT2D eigenvalue weighted by atomic mass is 9.81. The number of nitrogens with one attached hydrogen (secondary N) is 1. The molecule has 0 spiro atoms. The maximum atomic E-state index is 12.0. The van der Waals surface area contributed by atoms with Crippen LogP contribution in [0.1, 0.15) is 40.5 Å². The molecule has 1 amide bonds. The Kier molecular flexibility index (Phi) is 5.99. The number of carbonyl (C=O) groups excluding carboxylic acids is 1. The summed E-state index contributed by atoms with van der Waals surface area (Å²) in [6, 6.07) is 0. The molecule has 1 aliphatic heterocycles. The zero-order valence-corrected chi connectivity index (χ0v) is 13.1. The van der Waals surface area contributed by atoms with E-state index in [1.807, 2.05) is 0 Å². The summed E-state index contributed by atoms with van der Waals surface area (Å²) in [5, 5.41) is 12.2. The molecule has 0 radical (unpaired) electrons.